The lowest BCUT2D eigenvalue weighted by atomic mass is 10.1. The number of benzene rings is 2. The number of amides is 1. The van der Waals surface area contributed by atoms with Crippen molar-refractivity contribution in [3.8, 4) is 0 Å². The van der Waals surface area contributed by atoms with Gasteiger partial charge >= 0.3 is 0 Å². The summed E-state index contributed by atoms with van der Waals surface area (Å²) in [5.41, 5.74) is 0.454. The number of hydrogen-bond donors (Lipinski definition) is 0. The van der Waals surface area contributed by atoms with Gasteiger partial charge in [0.15, 0.2) is 11.6 Å². The lowest BCUT2D eigenvalue weighted by molar-refractivity contribution is -0.131. The Bertz CT molecular complexity index is 965. The van der Waals surface area contributed by atoms with Gasteiger partial charge in [-0.05, 0) is 55.3 Å². The van der Waals surface area contributed by atoms with Crippen molar-refractivity contribution in [1.29, 1.82) is 0 Å². The molecule has 1 atom stereocenters. The molecule has 0 saturated heterocycles. The molecular formula is C20H23F3N2O3S. The Kier molecular flexibility index (Phi) is 7.43. The molecule has 29 heavy (non-hydrogen) atoms. The first-order chi connectivity index (χ1) is 13.5. The third-order valence-corrected chi connectivity index (χ3v) is 6.66. The Morgan fingerprint density at radius 1 is 1.00 bits per heavy atom. The molecule has 2 aromatic carbocycles. The fourth-order valence-corrected chi connectivity index (χ4v) is 3.96. The molecule has 0 heterocycles. The van der Waals surface area contributed by atoms with Crippen LogP contribution in [0.25, 0.3) is 0 Å². The zero-order chi connectivity index (χ0) is 21.8. The van der Waals surface area contributed by atoms with Crippen LogP contribution in [0.4, 0.5) is 13.2 Å². The van der Waals surface area contributed by atoms with E-state index in [4.69, 9.17) is 0 Å². The van der Waals surface area contributed by atoms with Crippen LogP contribution in [-0.2, 0) is 14.8 Å². The highest BCUT2D eigenvalue weighted by Crippen LogP contribution is 2.22. The third kappa shape index (κ3) is 5.57. The van der Waals surface area contributed by atoms with Gasteiger partial charge < -0.3 is 4.90 Å². The average molecular weight is 428 g/mol. The molecule has 0 fully saturated rings. The topological polar surface area (TPSA) is 57.7 Å². The molecule has 0 aliphatic carbocycles. The van der Waals surface area contributed by atoms with Crippen LogP contribution in [0.5, 0.6) is 0 Å². The summed E-state index contributed by atoms with van der Waals surface area (Å²) in [5, 5.41) is 0. The molecule has 0 radical (unpaired) electrons. The molecule has 1 amide bonds. The summed E-state index contributed by atoms with van der Waals surface area (Å²) < 4.78 is 65.5. The van der Waals surface area contributed by atoms with E-state index in [1.165, 1.54) is 30.1 Å². The van der Waals surface area contributed by atoms with Gasteiger partial charge in [-0.1, -0.05) is 6.07 Å². The Balaban J connectivity index is 1.92. The zero-order valence-corrected chi connectivity index (χ0v) is 17.2. The van der Waals surface area contributed by atoms with Crippen molar-refractivity contribution < 1.29 is 26.4 Å². The quantitative estimate of drug-likeness (QED) is 0.644. The van der Waals surface area contributed by atoms with Crippen molar-refractivity contribution in [2.24, 2.45) is 0 Å². The van der Waals surface area contributed by atoms with E-state index in [1.54, 1.807) is 14.0 Å². The minimum absolute atomic E-state index is 0.0307. The van der Waals surface area contributed by atoms with Crippen molar-refractivity contribution in [3.05, 3.63) is 65.5 Å². The molecule has 5 nitrogen and oxygen atoms in total. The summed E-state index contributed by atoms with van der Waals surface area (Å²) in [6, 6.07) is 7.50. The first-order valence-corrected chi connectivity index (χ1v) is 10.4. The second kappa shape index (κ2) is 9.41. The van der Waals surface area contributed by atoms with E-state index in [-0.39, 0.29) is 30.2 Å². The van der Waals surface area contributed by atoms with E-state index in [9.17, 15) is 26.4 Å². The molecule has 2 rings (SSSR count). The standard InChI is InChI=1S/C20H23F3N2O3S/c1-14(15-6-11-18(22)19(23)13-15)25(3)20(26)5-4-12-24(2)29(27,28)17-9-7-16(21)8-10-17/h6-11,13-14H,4-5,12H2,1-3H3. The van der Waals surface area contributed by atoms with Crippen LogP contribution < -0.4 is 0 Å². The van der Waals surface area contributed by atoms with Crippen LogP contribution in [-0.4, -0.2) is 44.2 Å². The van der Waals surface area contributed by atoms with Crippen molar-refractivity contribution in [2.75, 3.05) is 20.6 Å². The summed E-state index contributed by atoms with van der Waals surface area (Å²) in [7, 11) is -0.843. The van der Waals surface area contributed by atoms with Crippen molar-refractivity contribution in [1.82, 2.24) is 9.21 Å². The van der Waals surface area contributed by atoms with Gasteiger partial charge in [0.05, 0.1) is 10.9 Å². The van der Waals surface area contributed by atoms with Crippen LogP contribution in [0.1, 0.15) is 31.4 Å². The van der Waals surface area contributed by atoms with Gasteiger partial charge in [-0.3, -0.25) is 4.79 Å². The summed E-state index contributed by atoms with van der Waals surface area (Å²) in [5.74, 6) is -2.73. The Morgan fingerprint density at radius 3 is 2.21 bits per heavy atom. The number of halogens is 3. The van der Waals surface area contributed by atoms with E-state index in [2.05, 4.69) is 0 Å². The molecule has 0 aliphatic heterocycles. The number of hydrogen-bond acceptors (Lipinski definition) is 3. The van der Waals surface area contributed by atoms with E-state index < -0.39 is 33.5 Å². The SMILES string of the molecule is CC(c1ccc(F)c(F)c1)N(C)C(=O)CCCN(C)S(=O)(=O)c1ccc(F)cc1. The molecule has 9 heteroatoms. The maximum absolute atomic E-state index is 13.4. The summed E-state index contributed by atoms with van der Waals surface area (Å²) in [4.78, 5) is 13.8. The minimum Gasteiger partial charge on any atom is -0.339 e. The lowest BCUT2D eigenvalue weighted by Crippen LogP contribution is -2.32. The second-order valence-electron chi connectivity index (χ2n) is 6.74. The third-order valence-electron chi connectivity index (χ3n) is 4.79. The average Bonchev–Trinajstić information content (AvgIpc) is 2.69. The van der Waals surface area contributed by atoms with Gasteiger partial charge in [-0.2, -0.15) is 0 Å². The van der Waals surface area contributed by atoms with Gasteiger partial charge in [0, 0.05) is 27.1 Å². The van der Waals surface area contributed by atoms with Gasteiger partial charge in [-0.15, -0.1) is 0 Å². The maximum Gasteiger partial charge on any atom is 0.242 e. The fourth-order valence-electron chi connectivity index (χ4n) is 2.75. The molecule has 2 aromatic rings. The van der Waals surface area contributed by atoms with Crippen LogP contribution in [0.2, 0.25) is 0 Å². The van der Waals surface area contributed by atoms with Crippen LogP contribution in [0, 0.1) is 17.5 Å². The van der Waals surface area contributed by atoms with Crippen molar-refractivity contribution >= 4 is 15.9 Å². The molecule has 158 valence electrons. The number of rotatable bonds is 8. The molecule has 0 bridgehead atoms. The molecule has 0 aromatic heterocycles. The first kappa shape index (κ1) is 22.9. The summed E-state index contributed by atoms with van der Waals surface area (Å²) >= 11 is 0. The second-order valence-corrected chi connectivity index (χ2v) is 8.78. The molecular weight excluding hydrogens is 405 g/mol. The Morgan fingerprint density at radius 2 is 1.62 bits per heavy atom. The molecule has 0 saturated carbocycles. The van der Waals surface area contributed by atoms with E-state index in [1.807, 2.05) is 0 Å². The maximum atomic E-state index is 13.4. The normalized spacial score (nSPS) is 12.8. The lowest BCUT2D eigenvalue weighted by Gasteiger charge is -2.26. The van der Waals surface area contributed by atoms with Gasteiger partial charge in [0.2, 0.25) is 15.9 Å². The van der Waals surface area contributed by atoms with E-state index in [0.29, 0.717) is 5.56 Å². The largest absolute Gasteiger partial charge is 0.339 e. The van der Waals surface area contributed by atoms with Gasteiger partial charge in [0.25, 0.3) is 0 Å². The van der Waals surface area contributed by atoms with Crippen molar-refractivity contribution in [3.63, 3.8) is 0 Å². The highest BCUT2D eigenvalue weighted by molar-refractivity contribution is 7.89. The number of carbonyl (C=O) groups is 1. The molecule has 1 unspecified atom stereocenters. The Labute approximate surface area is 168 Å². The first-order valence-electron chi connectivity index (χ1n) is 8.96. The highest BCUT2D eigenvalue weighted by atomic mass is 32.2. The van der Waals surface area contributed by atoms with Gasteiger partial charge in [-0.25, -0.2) is 25.9 Å². The number of nitrogens with zero attached hydrogens (tertiary/aromatic N) is 2. The molecule has 0 N–H and O–H groups in total. The smallest absolute Gasteiger partial charge is 0.242 e. The number of carbonyl (C=O) groups excluding carboxylic acids is 1. The predicted octanol–water partition coefficient (Wildman–Crippen LogP) is 3.72. The summed E-state index contributed by atoms with van der Waals surface area (Å²) in [6.07, 6.45) is 0.346. The zero-order valence-electron chi connectivity index (χ0n) is 16.4. The van der Waals surface area contributed by atoms with E-state index in [0.717, 1.165) is 28.6 Å². The monoisotopic (exact) mass is 428 g/mol. The van der Waals surface area contributed by atoms with Gasteiger partial charge in [0.1, 0.15) is 5.82 Å². The number of sulfonamides is 1. The van der Waals surface area contributed by atoms with Crippen molar-refractivity contribution in [2.45, 2.75) is 30.7 Å². The van der Waals surface area contributed by atoms with Crippen LogP contribution >= 0.6 is 0 Å². The highest BCUT2D eigenvalue weighted by Gasteiger charge is 2.22. The summed E-state index contributed by atoms with van der Waals surface area (Å²) in [6.45, 7) is 1.79. The predicted molar refractivity (Wildman–Crippen MR) is 103 cm³/mol. The molecule has 0 aliphatic rings. The Hall–Kier alpha value is -2.39. The fraction of sp³-hybridized carbons (Fsp3) is 0.350. The minimum atomic E-state index is -3.78. The van der Waals surface area contributed by atoms with Crippen LogP contribution in [0.3, 0.4) is 0 Å². The molecule has 0 spiro atoms. The van der Waals surface area contributed by atoms with Crippen LogP contribution in [0.15, 0.2) is 47.4 Å². The van der Waals surface area contributed by atoms with E-state index >= 15 is 0 Å².